The van der Waals surface area contributed by atoms with Gasteiger partial charge in [-0.3, -0.25) is 0 Å². The molecule has 1 atom stereocenters. The maximum atomic E-state index is 6.50. The molecule has 0 aliphatic heterocycles. The summed E-state index contributed by atoms with van der Waals surface area (Å²) in [7, 11) is 0. The van der Waals surface area contributed by atoms with E-state index in [0.29, 0.717) is 5.92 Å². The second kappa shape index (κ2) is 6.05. The van der Waals surface area contributed by atoms with Crippen LogP contribution in [0, 0.1) is 5.92 Å². The van der Waals surface area contributed by atoms with Crippen molar-refractivity contribution in [3.63, 3.8) is 0 Å². The van der Waals surface area contributed by atoms with Gasteiger partial charge in [0.25, 0.3) is 0 Å². The van der Waals surface area contributed by atoms with Gasteiger partial charge in [-0.15, -0.1) is 0 Å². The van der Waals surface area contributed by atoms with Gasteiger partial charge in [0, 0.05) is 5.54 Å². The summed E-state index contributed by atoms with van der Waals surface area (Å²) in [6.45, 7) is 6.66. The Bertz CT molecular complexity index is 288. The normalized spacial score (nSPS) is 13.8. The summed E-state index contributed by atoms with van der Waals surface area (Å²) in [4.78, 5) is 0. The highest BCUT2D eigenvalue weighted by Crippen LogP contribution is 2.28. The Morgan fingerprint density at radius 1 is 1.06 bits per heavy atom. The van der Waals surface area contributed by atoms with Crippen LogP contribution in [0.1, 0.15) is 45.6 Å². The Morgan fingerprint density at radius 2 is 1.62 bits per heavy atom. The fraction of sp³-hybridized carbons (Fsp3) is 0.600. The van der Waals surface area contributed by atoms with Crippen LogP contribution in [0.25, 0.3) is 0 Å². The Morgan fingerprint density at radius 3 is 2.06 bits per heavy atom. The number of hydrogen-bond acceptors (Lipinski definition) is 1. The molecular weight excluding hydrogens is 194 g/mol. The van der Waals surface area contributed by atoms with Gasteiger partial charge in [0.15, 0.2) is 0 Å². The van der Waals surface area contributed by atoms with Crippen molar-refractivity contribution in [2.24, 2.45) is 11.7 Å². The minimum Gasteiger partial charge on any atom is -0.325 e. The third kappa shape index (κ3) is 3.08. The van der Waals surface area contributed by atoms with Gasteiger partial charge < -0.3 is 5.73 Å². The summed E-state index contributed by atoms with van der Waals surface area (Å²) >= 11 is 0. The van der Waals surface area contributed by atoms with Crippen LogP contribution in [0.15, 0.2) is 30.3 Å². The molecule has 90 valence electrons. The standard InChI is InChI=1S/C15H25N/c1-4-14(15(16,5-2)6-3)12-13-10-8-7-9-11-13/h7-11,14H,4-6,12,16H2,1-3H3. The van der Waals surface area contributed by atoms with Crippen LogP contribution in [-0.2, 0) is 6.42 Å². The van der Waals surface area contributed by atoms with Crippen LogP contribution in [0.5, 0.6) is 0 Å². The summed E-state index contributed by atoms with van der Waals surface area (Å²) in [5.74, 6) is 0.588. The van der Waals surface area contributed by atoms with Crippen molar-refractivity contribution in [3.8, 4) is 0 Å². The van der Waals surface area contributed by atoms with Gasteiger partial charge in [-0.25, -0.2) is 0 Å². The number of hydrogen-bond donors (Lipinski definition) is 1. The van der Waals surface area contributed by atoms with Gasteiger partial charge in [0.1, 0.15) is 0 Å². The zero-order valence-corrected chi connectivity index (χ0v) is 10.9. The third-order valence-electron chi connectivity index (χ3n) is 3.95. The molecule has 1 aromatic rings. The van der Waals surface area contributed by atoms with Gasteiger partial charge >= 0.3 is 0 Å². The van der Waals surface area contributed by atoms with E-state index in [0.717, 1.165) is 25.7 Å². The van der Waals surface area contributed by atoms with Crippen molar-refractivity contribution < 1.29 is 0 Å². The van der Waals surface area contributed by atoms with E-state index in [1.807, 2.05) is 0 Å². The lowest BCUT2D eigenvalue weighted by Gasteiger charge is -2.36. The van der Waals surface area contributed by atoms with Crippen LogP contribution in [0.4, 0.5) is 0 Å². The molecule has 0 amide bonds. The predicted octanol–water partition coefficient (Wildman–Crippen LogP) is 3.77. The minimum absolute atomic E-state index is 0.00455. The summed E-state index contributed by atoms with van der Waals surface area (Å²) in [5, 5.41) is 0. The van der Waals surface area contributed by atoms with E-state index in [1.165, 1.54) is 5.56 Å². The lowest BCUT2D eigenvalue weighted by Crippen LogP contribution is -2.46. The van der Waals surface area contributed by atoms with Crippen molar-refractivity contribution in [2.45, 2.75) is 52.0 Å². The summed E-state index contributed by atoms with van der Waals surface area (Å²) in [6, 6.07) is 10.7. The van der Waals surface area contributed by atoms with Crippen LogP contribution in [-0.4, -0.2) is 5.54 Å². The average molecular weight is 219 g/mol. The van der Waals surface area contributed by atoms with E-state index in [-0.39, 0.29) is 5.54 Å². The predicted molar refractivity (Wildman–Crippen MR) is 71.4 cm³/mol. The molecule has 0 saturated carbocycles. The maximum absolute atomic E-state index is 6.50. The quantitative estimate of drug-likeness (QED) is 0.774. The average Bonchev–Trinajstić information content (AvgIpc) is 2.36. The molecule has 1 rings (SSSR count). The van der Waals surface area contributed by atoms with Gasteiger partial charge in [-0.1, -0.05) is 57.5 Å². The molecule has 0 aromatic heterocycles. The molecule has 0 fully saturated rings. The number of nitrogens with two attached hydrogens (primary N) is 1. The number of benzene rings is 1. The molecule has 1 heteroatoms. The van der Waals surface area contributed by atoms with Crippen LogP contribution < -0.4 is 5.73 Å². The van der Waals surface area contributed by atoms with Crippen LogP contribution in [0.2, 0.25) is 0 Å². The fourth-order valence-electron chi connectivity index (χ4n) is 2.48. The Balaban J connectivity index is 2.76. The van der Waals surface area contributed by atoms with Crippen molar-refractivity contribution >= 4 is 0 Å². The third-order valence-corrected chi connectivity index (χ3v) is 3.95. The SMILES string of the molecule is CCC(Cc1ccccc1)C(N)(CC)CC. The highest BCUT2D eigenvalue weighted by atomic mass is 14.7. The lowest BCUT2D eigenvalue weighted by atomic mass is 9.75. The van der Waals surface area contributed by atoms with Crippen molar-refractivity contribution in [1.29, 1.82) is 0 Å². The first kappa shape index (κ1) is 13.2. The molecule has 0 spiro atoms. The van der Waals surface area contributed by atoms with E-state index in [4.69, 9.17) is 5.73 Å². The van der Waals surface area contributed by atoms with E-state index in [2.05, 4.69) is 51.1 Å². The molecule has 1 nitrogen and oxygen atoms in total. The lowest BCUT2D eigenvalue weighted by molar-refractivity contribution is 0.242. The van der Waals surface area contributed by atoms with Gasteiger partial charge in [0.2, 0.25) is 0 Å². The van der Waals surface area contributed by atoms with Gasteiger partial charge in [-0.2, -0.15) is 0 Å². The van der Waals surface area contributed by atoms with Crippen LogP contribution >= 0.6 is 0 Å². The molecule has 0 radical (unpaired) electrons. The largest absolute Gasteiger partial charge is 0.325 e. The smallest absolute Gasteiger partial charge is 0.0180 e. The van der Waals surface area contributed by atoms with E-state index < -0.39 is 0 Å². The summed E-state index contributed by atoms with van der Waals surface area (Å²) in [6.07, 6.45) is 4.40. The van der Waals surface area contributed by atoms with Crippen molar-refractivity contribution in [1.82, 2.24) is 0 Å². The first-order chi connectivity index (χ1) is 7.66. The Labute approximate surface area is 100 Å². The zero-order chi connectivity index (χ0) is 12.0. The van der Waals surface area contributed by atoms with Gasteiger partial charge in [-0.05, 0) is 30.7 Å². The van der Waals surface area contributed by atoms with E-state index in [1.54, 1.807) is 0 Å². The molecule has 1 aromatic carbocycles. The van der Waals surface area contributed by atoms with E-state index >= 15 is 0 Å². The minimum atomic E-state index is 0.00455. The molecule has 0 aliphatic rings. The first-order valence-electron chi connectivity index (χ1n) is 6.49. The molecule has 0 aliphatic carbocycles. The number of rotatable bonds is 6. The van der Waals surface area contributed by atoms with Crippen molar-refractivity contribution in [3.05, 3.63) is 35.9 Å². The van der Waals surface area contributed by atoms with Crippen molar-refractivity contribution in [2.75, 3.05) is 0 Å². The maximum Gasteiger partial charge on any atom is 0.0180 e. The second-order valence-corrected chi connectivity index (χ2v) is 4.74. The monoisotopic (exact) mass is 219 g/mol. The van der Waals surface area contributed by atoms with Crippen LogP contribution in [0.3, 0.4) is 0 Å². The molecule has 1 unspecified atom stereocenters. The zero-order valence-electron chi connectivity index (χ0n) is 10.9. The molecule has 2 N–H and O–H groups in total. The molecule has 0 saturated heterocycles. The van der Waals surface area contributed by atoms with E-state index in [9.17, 15) is 0 Å². The molecule has 0 heterocycles. The molecular formula is C15H25N. The summed E-state index contributed by atoms with van der Waals surface area (Å²) in [5.41, 5.74) is 7.91. The second-order valence-electron chi connectivity index (χ2n) is 4.74. The fourth-order valence-corrected chi connectivity index (χ4v) is 2.48. The Hall–Kier alpha value is -0.820. The highest BCUT2D eigenvalue weighted by Gasteiger charge is 2.29. The van der Waals surface area contributed by atoms with Gasteiger partial charge in [0.05, 0.1) is 0 Å². The molecule has 16 heavy (non-hydrogen) atoms. The summed E-state index contributed by atoms with van der Waals surface area (Å²) < 4.78 is 0. The Kier molecular flexibility index (Phi) is 5.01. The topological polar surface area (TPSA) is 26.0 Å². The first-order valence-corrected chi connectivity index (χ1v) is 6.49. The molecule has 0 bridgehead atoms. The highest BCUT2D eigenvalue weighted by molar-refractivity contribution is 5.16.